The molecule has 1 N–H and O–H groups in total. The Labute approximate surface area is 203 Å². The van der Waals surface area contributed by atoms with Crippen molar-refractivity contribution in [2.24, 2.45) is 0 Å². The fraction of sp³-hybridized carbons (Fsp3) is 0.500. The van der Waals surface area contributed by atoms with E-state index in [4.69, 9.17) is 4.74 Å². The number of nitrogens with zero attached hydrogens (tertiary/aromatic N) is 2. The van der Waals surface area contributed by atoms with Gasteiger partial charge in [-0.15, -0.1) is 0 Å². The van der Waals surface area contributed by atoms with Crippen molar-refractivity contribution >= 4 is 15.9 Å². The summed E-state index contributed by atoms with van der Waals surface area (Å²) < 4.78 is 33.1. The van der Waals surface area contributed by atoms with Crippen LogP contribution < -0.4 is 10.1 Å². The number of benzene rings is 2. The van der Waals surface area contributed by atoms with Crippen LogP contribution in [0.25, 0.3) is 0 Å². The number of nitrogens with one attached hydrogen (secondary N) is 1. The zero-order valence-corrected chi connectivity index (χ0v) is 20.8. The second-order valence-electron chi connectivity index (χ2n) is 9.17. The molecule has 34 heavy (non-hydrogen) atoms. The predicted molar refractivity (Wildman–Crippen MR) is 132 cm³/mol. The molecule has 184 valence electrons. The number of amides is 1. The van der Waals surface area contributed by atoms with Gasteiger partial charge in [-0.05, 0) is 68.1 Å². The largest absolute Gasteiger partial charge is 0.496 e. The number of hydrogen-bond acceptors (Lipinski definition) is 5. The first-order chi connectivity index (χ1) is 16.5. The molecular weight excluding hydrogens is 450 g/mol. The Morgan fingerprint density at radius 3 is 2.29 bits per heavy atom. The Balaban J connectivity index is 1.45. The van der Waals surface area contributed by atoms with Crippen LogP contribution >= 0.6 is 0 Å². The van der Waals surface area contributed by atoms with E-state index in [1.165, 1.54) is 48.4 Å². The fourth-order valence-corrected chi connectivity index (χ4v) is 6.31. The second kappa shape index (κ2) is 11.3. The van der Waals surface area contributed by atoms with E-state index in [1.807, 2.05) is 12.1 Å². The molecule has 2 aliphatic heterocycles. The highest BCUT2D eigenvalue weighted by atomic mass is 32.2. The Bertz CT molecular complexity index is 1090. The number of likely N-dealkylation sites (tertiary alicyclic amines) is 1. The van der Waals surface area contributed by atoms with Crippen molar-refractivity contribution in [3.63, 3.8) is 0 Å². The molecule has 1 amide bonds. The molecule has 2 heterocycles. The summed E-state index contributed by atoms with van der Waals surface area (Å²) in [6.45, 7) is 4.59. The summed E-state index contributed by atoms with van der Waals surface area (Å²) in [6.07, 6.45) is 6.58. The molecular formula is C26H35N3O4S. The van der Waals surface area contributed by atoms with Crippen molar-refractivity contribution in [3.8, 4) is 5.75 Å². The zero-order chi connectivity index (χ0) is 24.0. The average Bonchev–Trinajstić information content (AvgIpc) is 2.88. The Kier molecular flexibility index (Phi) is 8.24. The maximum atomic E-state index is 13.1. The molecule has 0 atom stereocenters. The first-order valence-electron chi connectivity index (χ1n) is 12.2. The van der Waals surface area contributed by atoms with Crippen LogP contribution in [0.5, 0.6) is 5.75 Å². The fourth-order valence-electron chi connectivity index (χ4n) is 4.77. The van der Waals surface area contributed by atoms with Gasteiger partial charge in [0.15, 0.2) is 0 Å². The molecule has 0 bridgehead atoms. The summed E-state index contributed by atoms with van der Waals surface area (Å²) >= 11 is 0. The molecule has 2 fully saturated rings. The molecule has 2 aromatic rings. The van der Waals surface area contributed by atoms with Crippen LogP contribution in [0.3, 0.4) is 0 Å². The van der Waals surface area contributed by atoms with Crippen LogP contribution in [-0.2, 0) is 23.1 Å². The number of methoxy groups -OCH3 is 1. The number of sulfonamides is 1. The van der Waals surface area contributed by atoms with Crippen LogP contribution in [-0.4, -0.2) is 56.8 Å². The molecule has 4 rings (SSSR count). The zero-order valence-electron chi connectivity index (χ0n) is 20.0. The molecule has 0 unspecified atom stereocenters. The van der Waals surface area contributed by atoms with Crippen molar-refractivity contribution in [3.05, 3.63) is 59.2 Å². The van der Waals surface area contributed by atoms with Gasteiger partial charge in [-0.25, -0.2) is 8.42 Å². The molecule has 7 nitrogen and oxygen atoms in total. The smallest absolute Gasteiger partial charge is 0.255 e. The highest BCUT2D eigenvalue weighted by Gasteiger charge is 2.27. The topological polar surface area (TPSA) is 79.0 Å². The van der Waals surface area contributed by atoms with E-state index in [1.54, 1.807) is 6.07 Å². The summed E-state index contributed by atoms with van der Waals surface area (Å²) in [5.74, 6) is 0.00270. The number of piperidine rings is 2. The van der Waals surface area contributed by atoms with Gasteiger partial charge in [0.05, 0.1) is 17.6 Å². The van der Waals surface area contributed by atoms with E-state index < -0.39 is 10.0 Å². The summed E-state index contributed by atoms with van der Waals surface area (Å²) in [5, 5.41) is 2.94. The Morgan fingerprint density at radius 1 is 0.912 bits per heavy atom. The molecule has 2 aromatic carbocycles. The van der Waals surface area contributed by atoms with Gasteiger partial charge in [0.1, 0.15) is 5.75 Å². The maximum Gasteiger partial charge on any atom is 0.255 e. The highest BCUT2D eigenvalue weighted by molar-refractivity contribution is 7.89. The molecule has 0 spiro atoms. The summed E-state index contributed by atoms with van der Waals surface area (Å²) in [5.41, 5.74) is 2.48. The van der Waals surface area contributed by atoms with Gasteiger partial charge in [0, 0.05) is 26.2 Å². The lowest BCUT2D eigenvalue weighted by Crippen LogP contribution is -2.35. The van der Waals surface area contributed by atoms with Gasteiger partial charge in [-0.3, -0.25) is 9.69 Å². The van der Waals surface area contributed by atoms with Crippen LogP contribution in [0.1, 0.15) is 60.0 Å². The van der Waals surface area contributed by atoms with Crippen molar-refractivity contribution in [1.82, 2.24) is 14.5 Å². The monoisotopic (exact) mass is 485 g/mol. The van der Waals surface area contributed by atoms with Crippen molar-refractivity contribution < 1.29 is 17.9 Å². The van der Waals surface area contributed by atoms with Crippen LogP contribution in [0.15, 0.2) is 47.4 Å². The Hall–Kier alpha value is -2.42. The minimum absolute atomic E-state index is 0.129. The summed E-state index contributed by atoms with van der Waals surface area (Å²) in [7, 11) is -2.16. The number of ether oxygens (including phenoxy) is 1. The SMILES string of the molecule is COc1ccc(S(=O)(=O)N2CCCCC2)cc1C(=O)NCc1cccc(CN2CCCCC2)c1. The van der Waals surface area contributed by atoms with Crippen LogP contribution in [0.2, 0.25) is 0 Å². The molecule has 2 aliphatic rings. The van der Waals surface area contributed by atoms with Gasteiger partial charge < -0.3 is 10.1 Å². The maximum absolute atomic E-state index is 13.1. The molecule has 0 saturated carbocycles. The third-order valence-electron chi connectivity index (χ3n) is 6.67. The Morgan fingerprint density at radius 2 is 1.59 bits per heavy atom. The third-order valence-corrected chi connectivity index (χ3v) is 8.56. The van der Waals surface area contributed by atoms with Gasteiger partial charge in [-0.2, -0.15) is 4.31 Å². The first-order valence-corrected chi connectivity index (χ1v) is 13.7. The summed E-state index contributed by atoms with van der Waals surface area (Å²) in [4.78, 5) is 15.6. The molecule has 2 saturated heterocycles. The molecule has 0 radical (unpaired) electrons. The average molecular weight is 486 g/mol. The lowest BCUT2D eigenvalue weighted by atomic mass is 10.1. The van der Waals surface area contributed by atoms with Crippen molar-refractivity contribution in [2.45, 2.75) is 56.5 Å². The minimum Gasteiger partial charge on any atom is -0.496 e. The van der Waals surface area contributed by atoms with Crippen LogP contribution in [0.4, 0.5) is 0 Å². The third kappa shape index (κ3) is 5.98. The predicted octanol–water partition coefficient (Wildman–Crippen LogP) is 3.79. The van der Waals surface area contributed by atoms with Gasteiger partial charge in [0.2, 0.25) is 10.0 Å². The van der Waals surface area contributed by atoms with Gasteiger partial charge in [-0.1, -0.05) is 37.1 Å². The molecule has 8 heteroatoms. The molecule has 0 aliphatic carbocycles. The van der Waals surface area contributed by atoms with Crippen molar-refractivity contribution in [1.29, 1.82) is 0 Å². The number of hydrogen-bond donors (Lipinski definition) is 1. The molecule has 0 aromatic heterocycles. The van der Waals surface area contributed by atoms with E-state index in [0.29, 0.717) is 25.4 Å². The van der Waals surface area contributed by atoms with Gasteiger partial charge >= 0.3 is 0 Å². The lowest BCUT2D eigenvalue weighted by Gasteiger charge is -2.26. The van der Waals surface area contributed by atoms with E-state index in [0.717, 1.165) is 44.5 Å². The quantitative estimate of drug-likeness (QED) is 0.616. The lowest BCUT2D eigenvalue weighted by molar-refractivity contribution is 0.0947. The highest BCUT2D eigenvalue weighted by Crippen LogP contribution is 2.26. The number of rotatable bonds is 8. The van der Waals surface area contributed by atoms with E-state index in [2.05, 4.69) is 22.3 Å². The minimum atomic E-state index is -3.64. The van der Waals surface area contributed by atoms with Gasteiger partial charge in [0.25, 0.3) is 5.91 Å². The normalized spacial score (nSPS) is 17.9. The van der Waals surface area contributed by atoms with E-state index >= 15 is 0 Å². The van der Waals surface area contributed by atoms with E-state index in [9.17, 15) is 13.2 Å². The van der Waals surface area contributed by atoms with E-state index in [-0.39, 0.29) is 16.4 Å². The second-order valence-corrected chi connectivity index (χ2v) is 11.1. The standard InChI is InChI=1S/C26H35N3O4S/c1-33-25-12-11-23(34(31,32)29-15-6-3-7-16-29)18-24(25)26(30)27-19-21-9-8-10-22(17-21)20-28-13-4-2-5-14-28/h8-12,17-18H,2-7,13-16,19-20H2,1H3,(H,27,30). The number of carbonyl (C=O) groups excluding carboxylic acids is 1. The first kappa shape index (κ1) is 24.7. The van der Waals surface area contributed by atoms with Crippen LogP contribution in [0, 0.1) is 0 Å². The number of carbonyl (C=O) groups is 1. The summed E-state index contributed by atoms with van der Waals surface area (Å²) in [6, 6.07) is 12.8. The van der Waals surface area contributed by atoms with Crippen molar-refractivity contribution in [2.75, 3.05) is 33.3 Å².